The van der Waals surface area contributed by atoms with Gasteiger partial charge in [-0.3, -0.25) is 0 Å². The number of halogens is 1. The largest absolute Gasteiger partial charge is 0.342 e. The Kier molecular flexibility index (Phi) is 6.36. The Labute approximate surface area is 146 Å². The Morgan fingerprint density at radius 2 is 0.913 bits per heavy atom. The standard InChI is InChI=1S/C20H19OP.ClH/c1-22-21-20(17-11-5-2-6-12-17,18-13-7-3-8-14-18)19-15-9-4-10-16-19;/h2-16,22H,1H3;1H. The molecule has 0 N–H and O–H groups in total. The van der Waals surface area contributed by atoms with Crippen LogP contribution in [0, 0.1) is 0 Å². The summed E-state index contributed by atoms with van der Waals surface area (Å²) in [5.74, 6) is 0. The van der Waals surface area contributed by atoms with Gasteiger partial charge < -0.3 is 4.52 Å². The van der Waals surface area contributed by atoms with Gasteiger partial charge in [-0.15, -0.1) is 12.4 Å². The molecule has 0 spiro atoms. The molecule has 1 atom stereocenters. The van der Waals surface area contributed by atoms with Crippen molar-refractivity contribution in [1.29, 1.82) is 0 Å². The highest BCUT2D eigenvalue weighted by atomic mass is 35.5. The van der Waals surface area contributed by atoms with Crippen molar-refractivity contribution in [3.05, 3.63) is 108 Å². The van der Waals surface area contributed by atoms with Gasteiger partial charge in [0.1, 0.15) is 5.60 Å². The fourth-order valence-corrected chi connectivity index (χ4v) is 3.51. The van der Waals surface area contributed by atoms with E-state index in [0.717, 1.165) is 16.7 Å². The summed E-state index contributed by atoms with van der Waals surface area (Å²) in [5.41, 5.74) is 2.90. The van der Waals surface area contributed by atoms with Gasteiger partial charge in [0.25, 0.3) is 0 Å². The van der Waals surface area contributed by atoms with Crippen molar-refractivity contribution >= 4 is 21.2 Å². The monoisotopic (exact) mass is 342 g/mol. The Balaban J connectivity index is 0.00000192. The molecular formula is C20H20ClOP. The molecule has 0 aromatic heterocycles. The molecule has 23 heavy (non-hydrogen) atoms. The molecule has 1 unspecified atom stereocenters. The summed E-state index contributed by atoms with van der Waals surface area (Å²) in [6, 6.07) is 31.4. The second-order valence-corrected chi connectivity index (χ2v) is 5.70. The van der Waals surface area contributed by atoms with E-state index in [-0.39, 0.29) is 12.4 Å². The summed E-state index contributed by atoms with van der Waals surface area (Å²) in [6.45, 7) is 2.07. The fourth-order valence-electron chi connectivity index (χ4n) is 2.85. The predicted octanol–water partition coefficient (Wildman–Crippen LogP) is 5.64. The van der Waals surface area contributed by atoms with E-state index in [1.165, 1.54) is 0 Å². The molecule has 0 saturated heterocycles. The van der Waals surface area contributed by atoms with E-state index in [0.29, 0.717) is 8.81 Å². The van der Waals surface area contributed by atoms with Gasteiger partial charge in [0, 0.05) is 8.81 Å². The number of hydrogen-bond acceptors (Lipinski definition) is 1. The molecule has 0 bridgehead atoms. The van der Waals surface area contributed by atoms with Gasteiger partial charge in [0.15, 0.2) is 0 Å². The van der Waals surface area contributed by atoms with Crippen molar-refractivity contribution in [3.63, 3.8) is 0 Å². The lowest BCUT2D eigenvalue weighted by atomic mass is 9.80. The first-order valence-electron chi connectivity index (χ1n) is 7.39. The Morgan fingerprint density at radius 1 is 0.609 bits per heavy atom. The van der Waals surface area contributed by atoms with Gasteiger partial charge >= 0.3 is 0 Å². The third-order valence-electron chi connectivity index (χ3n) is 3.80. The zero-order valence-corrected chi connectivity index (χ0v) is 14.8. The predicted molar refractivity (Wildman–Crippen MR) is 102 cm³/mol. The van der Waals surface area contributed by atoms with Crippen LogP contribution in [-0.4, -0.2) is 6.66 Å². The second-order valence-electron chi connectivity index (χ2n) is 5.09. The zero-order valence-electron chi connectivity index (χ0n) is 13.0. The van der Waals surface area contributed by atoms with E-state index in [4.69, 9.17) is 4.52 Å². The van der Waals surface area contributed by atoms with Crippen LogP contribution in [0.25, 0.3) is 0 Å². The highest BCUT2D eigenvalue weighted by molar-refractivity contribution is 7.31. The zero-order chi connectivity index (χ0) is 15.3. The molecule has 0 saturated carbocycles. The van der Waals surface area contributed by atoms with Crippen LogP contribution in [0.5, 0.6) is 0 Å². The number of hydrogen-bond donors (Lipinski definition) is 0. The van der Waals surface area contributed by atoms with Gasteiger partial charge in [0.2, 0.25) is 0 Å². The third-order valence-corrected chi connectivity index (χ3v) is 4.31. The third kappa shape index (κ3) is 3.48. The Morgan fingerprint density at radius 3 is 1.17 bits per heavy atom. The molecule has 0 aliphatic heterocycles. The summed E-state index contributed by atoms with van der Waals surface area (Å²) in [4.78, 5) is 0. The Bertz CT molecular complexity index is 605. The first kappa shape index (κ1) is 17.7. The molecule has 118 valence electrons. The number of benzene rings is 3. The SMILES string of the molecule is CPOC(c1ccccc1)(c1ccccc1)c1ccccc1.Cl. The Hall–Kier alpha value is -1.66. The lowest BCUT2D eigenvalue weighted by molar-refractivity contribution is 0.185. The van der Waals surface area contributed by atoms with Crippen molar-refractivity contribution in [2.24, 2.45) is 0 Å². The van der Waals surface area contributed by atoms with E-state index in [1.807, 2.05) is 18.2 Å². The minimum atomic E-state index is -0.559. The molecule has 0 radical (unpaired) electrons. The van der Waals surface area contributed by atoms with E-state index >= 15 is 0 Å². The van der Waals surface area contributed by atoms with Crippen molar-refractivity contribution in [2.75, 3.05) is 6.66 Å². The molecule has 3 aromatic rings. The molecule has 0 aliphatic carbocycles. The van der Waals surface area contributed by atoms with Crippen LogP contribution < -0.4 is 0 Å². The maximum Gasteiger partial charge on any atom is 0.147 e. The van der Waals surface area contributed by atoms with Crippen molar-refractivity contribution in [2.45, 2.75) is 5.60 Å². The van der Waals surface area contributed by atoms with Crippen LogP contribution in [0.2, 0.25) is 0 Å². The average molecular weight is 343 g/mol. The van der Waals surface area contributed by atoms with Crippen molar-refractivity contribution in [1.82, 2.24) is 0 Å². The quantitative estimate of drug-likeness (QED) is 0.430. The van der Waals surface area contributed by atoms with Gasteiger partial charge in [-0.1, -0.05) is 91.0 Å². The normalized spacial score (nSPS) is 11.3. The molecule has 3 heteroatoms. The molecule has 0 aliphatic rings. The maximum atomic E-state index is 6.42. The minimum Gasteiger partial charge on any atom is -0.342 e. The van der Waals surface area contributed by atoms with Crippen LogP contribution in [-0.2, 0) is 10.1 Å². The van der Waals surface area contributed by atoms with E-state index in [9.17, 15) is 0 Å². The molecule has 0 amide bonds. The van der Waals surface area contributed by atoms with Crippen LogP contribution in [0.4, 0.5) is 0 Å². The lowest BCUT2D eigenvalue weighted by Gasteiger charge is -2.35. The van der Waals surface area contributed by atoms with Crippen LogP contribution in [0.15, 0.2) is 91.0 Å². The summed E-state index contributed by atoms with van der Waals surface area (Å²) >= 11 is 0. The van der Waals surface area contributed by atoms with Crippen LogP contribution in [0.1, 0.15) is 16.7 Å². The van der Waals surface area contributed by atoms with Gasteiger partial charge in [0.05, 0.1) is 0 Å². The van der Waals surface area contributed by atoms with Crippen molar-refractivity contribution in [3.8, 4) is 0 Å². The van der Waals surface area contributed by atoms with Crippen molar-refractivity contribution < 1.29 is 4.52 Å². The first-order chi connectivity index (χ1) is 10.9. The molecule has 1 nitrogen and oxygen atoms in total. The minimum absolute atomic E-state index is 0. The van der Waals surface area contributed by atoms with E-state index in [2.05, 4.69) is 79.5 Å². The highest BCUT2D eigenvalue weighted by Gasteiger charge is 2.37. The van der Waals surface area contributed by atoms with Crippen LogP contribution in [0.3, 0.4) is 0 Å². The van der Waals surface area contributed by atoms with Crippen LogP contribution >= 0.6 is 21.2 Å². The second kappa shape index (κ2) is 8.26. The molecular weight excluding hydrogens is 323 g/mol. The summed E-state index contributed by atoms with van der Waals surface area (Å²) in [7, 11) is 0.386. The smallest absolute Gasteiger partial charge is 0.147 e. The fraction of sp³-hybridized carbons (Fsp3) is 0.100. The number of rotatable bonds is 5. The lowest BCUT2D eigenvalue weighted by Crippen LogP contribution is -2.30. The van der Waals surface area contributed by atoms with E-state index < -0.39 is 5.60 Å². The molecule has 0 fully saturated rings. The topological polar surface area (TPSA) is 9.23 Å². The first-order valence-corrected chi connectivity index (χ1v) is 8.80. The van der Waals surface area contributed by atoms with Gasteiger partial charge in [-0.05, 0) is 23.4 Å². The van der Waals surface area contributed by atoms with Gasteiger partial charge in [-0.2, -0.15) is 0 Å². The molecule has 0 heterocycles. The molecule has 3 rings (SSSR count). The summed E-state index contributed by atoms with van der Waals surface area (Å²) < 4.78 is 6.42. The molecule has 3 aromatic carbocycles. The maximum absolute atomic E-state index is 6.42. The summed E-state index contributed by atoms with van der Waals surface area (Å²) in [6.07, 6.45) is 0. The summed E-state index contributed by atoms with van der Waals surface area (Å²) in [5, 5.41) is 0. The average Bonchev–Trinajstić information content (AvgIpc) is 2.62. The van der Waals surface area contributed by atoms with E-state index in [1.54, 1.807) is 0 Å². The highest BCUT2D eigenvalue weighted by Crippen LogP contribution is 2.43. The van der Waals surface area contributed by atoms with Gasteiger partial charge in [-0.25, -0.2) is 0 Å².